The highest BCUT2D eigenvalue weighted by atomic mass is 32.2. The van der Waals surface area contributed by atoms with Crippen LogP contribution in [0.4, 0.5) is 0 Å². The summed E-state index contributed by atoms with van der Waals surface area (Å²) in [6, 6.07) is 17.6. The number of rotatable bonds is 3. The van der Waals surface area contributed by atoms with Crippen LogP contribution in [0.2, 0.25) is 0 Å². The van der Waals surface area contributed by atoms with E-state index in [1.54, 1.807) is 4.90 Å². The summed E-state index contributed by atoms with van der Waals surface area (Å²) in [5, 5.41) is 0.823. The third-order valence-electron chi connectivity index (χ3n) is 5.48. The van der Waals surface area contributed by atoms with Crippen molar-refractivity contribution in [2.75, 3.05) is 32.4 Å². The number of pyridine rings is 1. The molecule has 1 aliphatic rings. The molecule has 1 aromatic heterocycles. The normalized spacial score (nSPS) is 15.9. The zero-order valence-electron chi connectivity index (χ0n) is 17.2. The van der Waals surface area contributed by atoms with Gasteiger partial charge in [-0.2, -0.15) is 0 Å². The highest BCUT2D eigenvalue weighted by Gasteiger charge is 2.26. The minimum absolute atomic E-state index is 0.0828. The number of aryl methyl sites for hydroxylation is 1. The van der Waals surface area contributed by atoms with Gasteiger partial charge in [0, 0.05) is 37.1 Å². The Morgan fingerprint density at radius 3 is 2.47 bits per heavy atom. The lowest BCUT2D eigenvalue weighted by atomic mass is 10.0. The van der Waals surface area contributed by atoms with Crippen molar-refractivity contribution in [3.05, 3.63) is 65.7 Å². The van der Waals surface area contributed by atoms with Crippen molar-refractivity contribution in [2.45, 2.75) is 13.3 Å². The summed E-state index contributed by atoms with van der Waals surface area (Å²) in [7, 11) is -3.26. The molecule has 1 fully saturated rings. The standard InChI is InChI=1S/C23H25N3O3S/c1-17-9-10-21-19(15-17)20(16-22(24-21)18-7-4-3-5-8-18)23(27)25-11-6-12-26(14-13-25)30(2,28)29/h3-5,7-10,15-16H,6,11-14H2,1-2H3. The molecule has 0 bridgehead atoms. The van der Waals surface area contributed by atoms with E-state index in [2.05, 4.69) is 0 Å². The third-order valence-corrected chi connectivity index (χ3v) is 6.78. The maximum absolute atomic E-state index is 13.5. The van der Waals surface area contributed by atoms with E-state index in [9.17, 15) is 13.2 Å². The number of hydrogen-bond acceptors (Lipinski definition) is 4. The van der Waals surface area contributed by atoms with E-state index in [-0.39, 0.29) is 5.91 Å². The Morgan fingerprint density at radius 1 is 0.967 bits per heavy atom. The van der Waals surface area contributed by atoms with Gasteiger partial charge in [0.15, 0.2) is 0 Å². The average Bonchev–Trinajstić information content (AvgIpc) is 2.99. The number of nitrogens with zero attached hydrogens (tertiary/aromatic N) is 3. The van der Waals surface area contributed by atoms with E-state index in [0.717, 1.165) is 27.7 Å². The number of benzene rings is 2. The fraction of sp³-hybridized carbons (Fsp3) is 0.304. The van der Waals surface area contributed by atoms with Gasteiger partial charge in [-0.3, -0.25) is 4.79 Å². The summed E-state index contributed by atoms with van der Waals surface area (Å²) in [5.41, 5.74) is 4.15. The molecule has 6 nitrogen and oxygen atoms in total. The molecule has 0 aliphatic carbocycles. The van der Waals surface area contributed by atoms with Gasteiger partial charge in [0.25, 0.3) is 5.91 Å². The Bertz CT molecular complexity index is 1190. The maximum atomic E-state index is 13.5. The molecular formula is C23H25N3O3S. The Hall–Kier alpha value is -2.77. The molecule has 1 aliphatic heterocycles. The molecule has 0 spiro atoms. The predicted octanol–water partition coefficient (Wildman–Crippen LogP) is 3.32. The van der Waals surface area contributed by atoms with Crippen molar-refractivity contribution in [3.63, 3.8) is 0 Å². The molecule has 7 heteroatoms. The minimum Gasteiger partial charge on any atom is -0.337 e. The Balaban J connectivity index is 1.75. The molecule has 156 valence electrons. The quantitative estimate of drug-likeness (QED) is 0.648. The molecule has 1 saturated heterocycles. The summed E-state index contributed by atoms with van der Waals surface area (Å²) in [6.07, 6.45) is 1.84. The topological polar surface area (TPSA) is 70.6 Å². The second-order valence-corrected chi connectivity index (χ2v) is 9.73. The summed E-state index contributed by atoms with van der Waals surface area (Å²) >= 11 is 0. The van der Waals surface area contributed by atoms with Crippen molar-refractivity contribution < 1.29 is 13.2 Å². The first-order chi connectivity index (χ1) is 14.3. The number of hydrogen-bond donors (Lipinski definition) is 0. The zero-order chi connectivity index (χ0) is 21.3. The number of sulfonamides is 1. The van der Waals surface area contributed by atoms with Crippen LogP contribution >= 0.6 is 0 Å². The molecule has 1 amide bonds. The van der Waals surface area contributed by atoms with E-state index < -0.39 is 10.0 Å². The van der Waals surface area contributed by atoms with Gasteiger partial charge < -0.3 is 4.90 Å². The Labute approximate surface area is 177 Å². The molecule has 0 radical (unpaired) electrons. The lowest BCUT2D eigenvalue weighted by Crippen LogP contribution is -2.37. The number of aromatic nitrogens is 1. The molecule has 2 aromatic carbocycles. The van der Waals surface area contributed by atoms with Crippen LogP contribution in [0, 0.1) is 6.92 Å². The summed E-state index contributed by atoms with van der Waals surface area (Å²) in [6.45, 7) is 3.66. The van der Waals surface area contributed by atoms with Crippen LogP contribution in [-0.2, 0) is 10.0 Å². The molecule has 30 heavy (non-hydrogen) atoms. The van der Waals surface area contributed by atoms with Crippen LogP contribution in [0.25, 0.3) is 22.2 Å². The first kappa shape index (κ1) is 20.5. The first-order valence-corrected chi connectivity index (χ1v) is 11.9. The summed E-state index contributed by atoms with van der Waals surface area (Å²) < 4.78 is 25.3. The Kier molecular flexibility index (Phi) is 5.58. The second-order valence-electron chi connectivity index (χ2n) is 7.75. The van der Waals surface area contributed by atoms with Gasteiger partial charge >= 0.3 is 0 Å². The predicted molar refractivity (Wildman–Crippen MR) is 119 cm³/mol. The molecule has 0 N–H and O–H groups in total. The van der Waals surface area contributed by atoms with E-state index in [0.29, 0.717) is 38.2 Å². The second kappa shape index (κ2) is 8.16. The zero-order valence-corrected chi connectivity index (χ0v) is 18.0. The van der Waals surface area contributed by atoms with Crippen LogP contribution in [0.15, 0.2) is 54.6 Å². The lowest BCUT2D eigenvalue weighted by Gasteiger charge is -2.22. The number of amides is 1. The molecular weight excluding hydrogens is 398 g/mol. The van der Waals surface area contributed by atoms with Crippen molar-refractivity contribution >= 4 is 26.8 Å². The summed E-state index contributed by atoms with van der Waals surface area (Å²) in [4.78, 5) is 20.1. The average molecular weight is 424 g/mol. The van der Waals surface area contributed by atoms with Crippen molar-refractivity contribution in [1.82, 2.24) is 14.2 Å². The molecule has 2 heterocycles. The highest BCUT2D eigenvalue weighted by molar-refractivity contribution is 7.88. The number of carbonyl (C=O) groups excluding carboxylic acids is 1. The van der Waals surface area contributed by atoms with Crippen molar-refractivity contribution in [1.29, 1.82) is 0 Å². The lowest BCUT2D eigenvalue weighted by molar-refractivity contribution is 0.0766. The van der Waals surface area contributed by atoms with Gasteiger partial charge in [0.05, 0.1) is 23.0 Å². The Morgan fingerprint density at radius 2 is 1.73 bits per heavy atom. The van der Waals surface area contributed by atoms with Gasteiger partial charge in [-0.25, -0.2) is 17.7 Å². The van der Waals surface area contributed by atoms with Gasteiger partial charge in [0.1, 0.15) is 0 Å². The van der Waals surface area contributed by atoms with Gasteiger partial charge in [0.2, 0.25) is 10.0 Å². The SMILES string of the molecule is Cc1ccc2nc(-c3ccccc3)cc(C(=O)N3CCCN(S(C)(=O)=O)CC3)c2c1. The minimum atomic E-state index is -3.26. The van der Waals surface area contributed by atoms with Crippen molar-refractivity contribution in [2.24, 2.45) is 0 Å². The number of fused-ring (bicyclic) bond motifs is 1. The largest absolute Gasteiger partial charge is 0.337 e. The maximum Gasteiger partial charge on any atom is 0.254 e. The number of carbonyl (C=O) groups is 1. The smallest absolute Gasteiger partial charge is 0.254 e. The van der Waals surface area contributed by atoms with Gasteiger partial charge in [-0.05, 0) is 31.5 Å². The molecule has 0 saturated carbocycles. The monoisotopic (exact) mass is 423 g/mol. The van der Waals surface area contributed by atoms with Crippen molar-refractivity contribution in [3.8, 4) is 11.3 Å². The molecule has 3 aromatic rings. The molecule has 4 rings (SSSR count). The first-order valence-electron chi connectivity index (χ1n) is 10.0. The van der Waals surface area contributed by atoms with Crippen LogP contribution in [0.3, 0.4) is 0 Å². The third kappa shape index (κ3) is 4.22. The molecule has 0 unspecified atom stereocenters. The van der Waals surface area contributed by atoms with E-state index in [1.165, 1.54) is 10.6 Å². The summed E-state index contributed by atoms with van der Waals surface area (Å²) in [5.74, 6) is -0.0828. The molecule has 0 atom stereocenters. The van der Waals surface area contributed by atoms with E-state index >= 15 is 0 Å². The van der Waals surface area contributed by atoms with Crippen LogP contribution in [0.1, 0.15) is 22.3 Å². The van der Waals surface area contributed by atoms with E-state index in [1.807, 2.05) is 61.5 Å². The van der Waals surface area contributed by atoms with Crippen LogP contribution in [-0.4, -0.2) is 60.9 Å². The fourth-order valence-electron chi connectivity index (χ4n) is 3.87. The van der Waals surface area contributed by atoms with Crippen LogP contribution < -0.4 is 0 Å². The van der Waals surface area contributed by atoms with Crippen LogP contribution in [0.5, 0.6) is 0 Å². The van der Waals surface area contributed by atoms with E-state index in [4.69, 9.17) is 4.98 Å². The highest BCUT2D eigenvalue weighted by Crippen LogP contribution is 2.27. The van der Waals surface area contributed by atoms with Gasteiger partial charge in [-0.15, -0.1) is 0 Å². The fourth-order valence-corrected chi connectivity index (χ4v) is 4.75. The van der Waals surface area contributed by atoms with Gasteiger partial charge in [-0.1, -0.05) is 42.0 Å².